The van der Waals surface area contributed by atoms with Crippen LogP contribution in [0.1, 0.15) is 57.9 Å². The van der Waals surface area contributed by atoms with Gasteiger partial charge in [0, 0.05) is 18.6 Å². The lowest BCUT2D eigenvalue weighted by atomic mass is 10.1. The zero-order valence-electron chi connectivity index (χ0n) is 11.9. The molecule has 2 atom stereocenters. The summed E-state index contributed by atoms with van der Waals surface area (Å²) in [7, 11) is 0. The van der Waals surface area contributed by atoms with Gasteiger partial charge in [-0.2, -0.15) is 0 Å². The molecule has 1 aliphatic rings. The van der Waals surface area contributed by atoms with Crippen LogP contribution in [0.4, 0.5) is 0 Å². The van der Waals surface area contributed by atoms with Crippen molar-refractivity contribution >= 4 is 0 Å². The van der Waals surface area contributed by atoms with Crippen molar-refractivity contribution in [3.8, 4) is 0 Å². The molecule has 18 heavy (non-hydrogen) atoms. The molecule has 0 amide bonds. The minimum atomic E-state index is 0.872. The summed E-state index contributed by atoms with van der Waals surface area (Å²) >= 11 is 0. The van der Waals surface area contributed by atoms with Gasteiger partial charge in [-0.3, -0.25) is 4.90 Å². The molecule has 1 aromatic rings. The smallest absolute Gasteiger partial charge is 0.0258 e. The fourth-order valence-corrected chi connectivity index (χ4v) is 2.96. The van der Waals surface area contributed by atoms with Gasteiger partial charge in [-0.15, -0.1) is 0 Å². The van der Waals surface area contributed by atoms with Gasteiger partial charge in [-0.25, -0.2) is 0 Å². The van der Waals surface area contributed by atoms with Crippen LogP contribution in [0.25, 0.3) is 0 Å². The maximum Gasteiger partial charge on any atom is 0.0258 e. The normalized spacial score (nSPS) is 26.2. The van der Waals surface area contributed by atoms with Gasteiger partial charge in [0.15, 0.2) is 0 Å². The van der Waals surface area contributed by atoms with Crippen LogP contribution >= 0.6 is 0 Å². The van der Waals surface area contributed by atoms with Crippen LogP contribution in [0.5, 0.6) is 0 Å². The van der Waals surface area contributed by atoms with E-state index >= 15 is 0 Å². The van der Waals surface area contributed by atoms with E-state index in [9.17, 15) is 0 Å². The van der Waals surface area contributed by atoms with Crippen molar-refractivity contribution in [3.63, 3.8) is 0 Å². The van der Waals surface area contributed by atoms with Crippen LogP contribution in [-0.2, 0) is 6.54 Å². The highest BCUT2D eigenvalue weighted by molar-refractivity contribution is 5.17. The summed E-state index contributed by atoms with van der Waals surface area (Å²) < 4.78 is 0. The first-order valence-corrected chi connectivity index (χ1v) is 7.66. The Bertz CT molecular complexity index is 319. The number of unbranched alkanes of at least 4 members (excludes halogenated alkanes) is 2. The molecular formula is C17H27N. The molecule has 0 saturated carbocycles. The van der Waals surface area contributed by atoms with Crippen molar-refractivity contribution in [2.45, 2.75) is 71.0 Å². The molecule has 1 fully saturated rings. The summed E-state index contributed by atoms with van der Waals surface area (Å²) in [6.07, 6.45) is 8.24. The van der Waals surface area contributed by atoms with Crippen LogP contribution < -0.4 is 0 Å². The minimum absolute atomic E-state index is 0.872. The molecule has 0 spiro atoms. The highest BCUT2D eigenvalue weighted by Crippen LogP contribution is 2.37. The van der Waals surface area contributed by atoms with Gasteiger partial charge < -0.3 is 0 Å². The minimum Gasteiger partial charge on any atom is -0.290 e. The van der Waals surface area contributed by atoms with Crippen LogP contribution in [0, 0.1) is 0 Å². The van der Waals surface area contributed by atoms with Crippen molar-refractivity contribution in [1.29, 1.82) is 0 Å². The highest BCUT2D eigenvalue weighted by atomic mass is 15.3. The van der Waals surface area contributed by atoms with Crippen LogP contribution in [-0.4, -0.2) is 17.0 Å². The predicted molar refractivity (Wildman–Crippen MR) is 78.6 cm³/mol. The van der Waals surface area contributed by atoms with E-state index in [0.717, 1.165) is 18.6 Å². The first-order valence-electron chi connectivity index (χ1n) is 7.66. The van der Waals surface area contributed by atoms with Crippen molar-refractivity contribution in [2.24, 2.45) is 0 Å². The third kappa shape index (κ3) is 3.58. The van der Waals surface area contributed by atoms with Crippen molar-refractivity contribution < 1.29 is 0 Å². The Morgan fingerprint density at radius 3 is 1.94 bits per heavy atom. The van der Waals surface area contributed by atoms with Crippen molar-refractivity contribution in [2.75, 3.05) is 0 Å². The monoisotopic (exact) mass is 245 g/mol. The van der Waals surface area contributed by atoms with Gasteiger partial charge in [0.2, 0.25) is 0 Å². The number of benzene rings is 1. The molecule has 2 rings (SSSR count). The molecule has 1 aromatic carbocycles. The molecule has 0 aromatic heterocycles. The lowest BCUT2D eigenvalue weighted by Gasteiger charge is -2.04. The van der Waals surface area contributed by atoms with E-state index < -0.39 is 0 Å². The summed E-state index contributed by atoms with van der Waals surface area (Å²) in [6, 6.07) is 12.7. The molecule has 1 heterocycles. The van der Waals surface area contributed by atoms with E-state index in [1.165, 1.54) is 44.1 Å². The Balaban J connectivity index is 1.85. The van der Waals surface area contributed by atoms with Gasteiger partial charge in [0.05, 0.1) is 0 Å². The van der Waals surface area contributed by atoms with E-state index in [2.05, 4.69) is 49.1 Å². The van der Waals surface area contributed by atoms with Gasteiger partial charge in [0.25, 0.3) is 0 Å². The van der Waals surface area contributed by atoms with E-state index in [0.29, 0.717) is 0 Å². The molecule has 0 N–H and O–H groups in total. The molecule has 1 heteroatoms. The molecule has 0 unspecified atom stereocenters. The fraction of sp³-hybridized carbons (Fsp3) is 0.647. The lowest BCUT2D eigenvalue weighted by Crippen LogP contribution is -2.03. The summed E-state index contributed by atoms with van der Waals surface area (Å²) in [5, 5.41) is 0. The van der Waals surface area contributed by atoms with Crippen molar-refractivity contribution in [1.82, 2.24) is 4.90 Å². The van der Waals surface area contributed by atoms with Gasteiger partial charge in [0.1, 0.15) is 0 Å². The maximum absolute atomic E-state index is 2.71. The second kappa shape index (κ2) is 6.94. The SMILES string of the molecule is CCCC[C@H]1[C@H](CCCC)N1Cc1ccccc1. The Kier molecular flexibility index (Phi) is 5.25. The Labute approximate surface area is 112 Å². The molecular weight excluding hydrogens is 218 g/mol. The first kappa shape index (κ1) is 13.6. The third-order valence-electron chi connectivity index (χ3n) is 4.12. The summed E-state index contributed by atoms with van der Waals surface area (Å²) in [6.45, 7) is 5.75. The number of hydrogen-bond donors (Lipinski definition) is 0. The van der Waals surface area contributed by atoms with E-state index in [1.54, 1.807) is 0 Å². The Hall–Kier alpha value is -0.820. The summed E-state index contributed by atoms with van der Waals surface area (Å²) in [5.74, 6) is 0. The van der Waals surface area contributed by atoms with Gasteiger partial charge in [-0.1, -0.05) is 69.9 Å². The number of nitrogens with zero attached hydrogens (tertiary/aromatic N) is 1. The second-order valence-electron chi connectivity index (χ2n) is 5.58. The Morgan fingerprint density at radius 2 is 1.44 bits per heavy atom. The zero-order chi connectivity index (χ0) is 12.8. The molecule has 1 nitrogen and oxygen atoms in total. The van der Waals surface area contributed by atoms with Crippen LogP contribution in [0.2, 0.25) is 0 Å². The zero-order valence-corrected chi connectivity index (χ0v) is 11.9. The van der Waals surface area contributed by atoms with E-state index in [4.69, 9.17) is 0 Å². The topological polar surface area (TPSA) is 3.01 Å². The van der Waals surface area contributed by atoms with Gasteiger partial charge in [-0.05, 0) is 18.4 Å². The highest BCUT2D eigenvalue weighted by Gasteiger charge is 2.45. The first-order chi connectivity index (χ1) is 8.86. The number of rotatable bonds is 8. The summed E-state index contributed by atoms with van der Waals surface area (Å²) in [5.41, 5.74) is 1.47. The quantitative estimate of drug-likeness (QED) is 0.604. The Morgan fingerprint density at radius 1 is 0.889 bits per heavy atom. The predicted octanol–water partition coefficient (Wildman–Crippen LogP) is 4.62. The van der Waals surface area contributed by atoms with Crippen LogP contribution in [0.15, 0.2) is 30.3 Å². The molecule has 100 valence electrons. The molecule has 0 radical (unpaired) electrons. The maximum atomic E-state index is 2.71. The fourth-order valence-electron chi connectivity index (χ4n) is 2.96. The average molecular weight is 245 g/mol. The number of hydrogen-bond acceptors (Lipinski definition) is 1. The molecule has 0 aliphatic carbocycles. The average Bonchev–Trinajstić information content (AvgIpc) is 3.06. The largest absolute Gasteiger partial charge is 0.290 e. The standard InChI is InChI=1S/C17H27N/c1-3-5-12-16-17(13-6-4-2)18(16)14-15-10-8-7-9-11-15/h7-11,16-17H,3-6,12-14H2,1-2H3/t16-,17-/m0/s1. The molecule has 0 bridgehead atoms. The molecule has 1 saturated heterocycles. The summed E-state index contributed by atoms with van der Waals surface area (Å²) in [4.78, 5) is 2.71. The lowest BCUT2D eigenvalue weighted by molar-refractivity contribution is 0.448. The van der Waals surface area contributed by atoms with E-state index in [1.807, 2.05) is 0 Å². The van der Waals surface area contributed by atoms with Gasteiger partial charge >= 0.3 is 0 Å². The third-order valence-corrected chi connectivity index (χ3v) is 4.12. The second-order valence-corrected chi connectivity index (χ2v) is 5.58. The van der Waals surface area contributed by atoms with E-state index in [-0.39, 0.29) is 0 Å². The molecule has 1 aliphatic heterocycles. The van der Waals surface area contributed by atoms with Crippen molar-refractivity contribution in [3.05, 3.63) is 35.9 Å². The van der Waals surface area contributed by atoms with Crippen LogP contribution in [0.3, 0.4) is 0 Å².